The lowest BCUT2D eigenvalue weighted by atomic mass is 9.96. The minimum absolute atomic E-state index is 0.177. The highest BCUT2D eigenvalue weighted by atomic mass is 16.5. The van der Waals surface area contributed by atoms with Gasteiger partial charge in [-0.1, -0.05) is 29.4 Å². The molecule has 0 bridgehead atoms. The average molecular weight is 375 g/mol. The molecule has 0 unspecified atom stereocenters. The van der Waals surface area contributed by atoms with Crippen molar-refractivity contribution in [2.45, 2.75) is 25.2 Å². The number of rotatable bonds is 3. The van der Waals surface area contributed by atoms with Crippen LogP contribution in [0.25, 0.3) is 22.2 Å². The third-order valence-electron chi connectivity index (χ3n) is 5.55. The lowest BCUT2D eigenvalue weighted by Crippen LogP contribution is -2.31. The van der Waals surface area contributed by atoms with Crippen molar-refractivity contribution in [2.24, 2.45) is 7.05 Å². The highest BCUT2D eigenvalue weighted by molar-refractivity contribution is 5.86. The number of aromatic nitrogens is 5. The largest absolute Gasteiger partial charge is 0.338 e. The van der Waals surface area contributed by atoms with Gasteiger partial charge in [-0.2, -0.15) is 4.98 Å². The Morgan fingerprint density at radius 3 is 2.75 bits per heavy atom. The quantitative estimate of drug-likeness (QED) is 0.587. The van der Waals surface area contributed by atoms with Gasteiger partial charge in [0.25, 0.3) is 5.56 Å². The third-order valence-corrected chi connectivity index (χ3v) is 5.55. The average Bonchev–Trinajstić information content (AvgIpc) is 3.36. The molecule has 0 atom stereocenters. The standard InChI is InChI=1S/C20H17N5O3/c1-11-14(17(26)23-19(27)25(11)2)16-22-18(28-24-16)20(8-9-20)15-13-6-4-3-5-12(13)7-10-21-15/h3-7,10H,8-9H2,1-2H3,(H,23,26,27). The zero-order chi connectivity index (χ0) is 19.5. The third kappa shape index (κ3) is 2.27. The van der Waals surface area contributed by atoms with E-state index >= 15 is 0 Å². The highest BCUT2D eigenvalue weighted by Crippen LogP contribution is 2.53. The molecule has 28 heavy (non-hydrogen) atoms. The van der Waals surface area contributed by atoms with E-state index in [0.717, 1.165) is 29.3 Å². The van der Waals surface area contributed by atoms with E-state index in [1.54, 1.807) is 20.2 Å². The SMILES string of the molecule is Cc1c(-c2noc(C3(c4nccc5ccccc45)CC3)n2)c(=O)[nH]c(=O)n1C. The van der Waals surface area contributed by atoms with Crippen LogP contribution < -0.4 is 11.2 Å². The first-order valence-corrected chi connectivity index (χ1v) is 9.00. The smallest absolute Gasteiger partial charge is 0.328 e. The molecule has 1 aromatic carbocycles. The minimum atomic E-state index is -0.527. The Kier molecular flexibility index (Phi) is 3.39. The highest BCUT2D eigenvalue weighted by Gasteiger charge is 2.53. The van der Waals surface area contributed by atoms with Gasteiger partial charge < -0.3 is 9.09 Å². The number of fused-ring (bicyclic) bond motifs is 1. The normalized spacial score (nSPS) is 15.1. The summed E-state index contributed by atoms with van der Waals surface area (Å²) in [7, 11) is 1.58. The molecule has 1 saturated carbocycles. The number of hydrogen-bond donors (Lipinski definition) is 1. The maximum absolute atomic E-state index is 12.3. The van der Waals surface area contributed by atoms with E-state index in [2.05, 4.69) is 20.1 Å². The van der Waals surface area contributed by atoms with E-state index in [1.165, 1.54) is 4.57 Å². The molecule has 0 radical (unpaired) electrons. The fourth-order valence-electron chi connectivity index (χ4n) is 3.69. The van der Waals surface area contributed by atoms with Gasteiger partial charge >= 0.3 is 5.69 Å². The molecule has 4 aromatic rings. The van der Waals surface area contributed by atoms with E-state index in [1.807, 2.05) is 30.3 Å². The van der Waals surface area contributed by atoms with E-state index in [4.69, 9.17) is 4.52 Å². The Labute approximate surface area is 158 Å². The van der Waals surface area contributed by atoms with Gasteiger partial charge in [0, 0.05) is 24.3 Å². The summed E-state index contributed by atoms with van der Waals surface area (Å²) in [5.41, 5.74) is 0.183. The Balaban J connectivity index is 1.66. The lowest BCUT2D eigenvalue weighted by Gasteiger charge is -2.12. The molecule has 1 fully saturated rings. The van der Waals surface area contributed by atoms with Crippen molar-refractivity contribution in [3.8, 4) is 11.4 Å². The number of hydrogen-bond acceptors (Lipinski definition) is 6. The Bertz CT molecular complexity index is 1340. The summed E-state index contributed by atoms with van der Waals surface area (Å²) < 4.78 is 6.94. The fourth-order valence-corrected chi connectivity index (χ4v) is 3.69. The van der Waals surface area contributed by atoms with Gasteiger partial charge in [0.1, 0.15) is 5.56 Å². The van der Waals surface area contributed by atoms with E-state index in [0.29, 0.717) is 11.6 Å². The molecule has 8 nitrogen and oxygen atoms in total. The maximum Gasteiger partial charge on any atom is 0.328 e. The van der Waals surface area contributed by atoms with E-state index in [9.17, 15) is 9.59 Å². The molecule has 0 spiro atoms. The van der Waals surface area contributed by atoms with Crippen LogP contribution in [0.5, 0.6) is 0 Å². The molecule has 3 aromatic heterocycles. The summed E-state index contributed by atoms with van der Waals surface area (Å²) in [4.78, 5) is 35.5. The molecule has 1 aliphatic carbocycles. The van der Waals surface area contributed by atoms with Gasteiger partial charge in [0.2, 0.25) is 11.7 Å². The second-order valence-corrected chi connectivity index (χ2v) is 7.16. The summed E-state index contributed by atoms with van der Waals surface area (Å²) >= 11 is 0. The topological polar surface area (TPSA) is 107 Å². The van der Waals surface area contributed by atoms with Gasteiger partial charge in [-0.15, -0.1) is 0 Å². The fraction of sp³-hybridized carbons (Fsp3) is 0.250. The predicted octanol–water partition coefficient (Wildman–Crippen LogP) is 2.06. The Morgan fingerprint density at radius 1 is 1.18 bits per heavy atom. The lowest BCUT2D eigenvalue weighted by molar-refractivity contribution is 0.359. The van der Waals surface area contributed by atoms with Crippen molar-refractivity contribution in [2.75, 3.05) is 0 Å². The van der Waals surface area contributed by atoms with Crippen LogP contribution in [0.4, 0.5) is 0 Å². The molecular weight excluding hydrogens is 358 g/mol. The van der Waals surface area contributed by atoms with Crippen molar-refractivity contribution in [3.05, 3.63) is 74.6 Å². The monoisotopic (exact) mass is 375 g/mol. The summed E-state index contributed by atoms with van der Waals surface area (Å²) in [6, 6.07) is 10.0. The van der Waals surface area contributed by atoms with Gasteiger partial charge in [0.05, 0.1) is 11.1 Å². The second kappa shape index (κ2) is 5.72. The van der Waals surface area contributed by atoms with Crippen molar-refractivity contribution in [1.82, 2.24) is 24.7 Å². The van der Waals surface area contributed by atoms with Crippen molar-refractivity contribution >= 4 is 10.8 Å². The molecule has 0 saturated heterocycles. The first kappa shape index (κ1) is 16.6. The molecule has 1 N–H and O–H groups in total. The van der Waals surface area contributed by atoms with Crippen LogP contribution in [0.2, 0.25) is 0 Å². The van der Waals surface area contributed by atoms with Crippen LogP contribution >= 0.6 is 0 Å². The van der Waals surface area contributed by atoms with Crippen molar-refractivity contribution < 1.29 is 4.52 Å². The summed E-state index contributed by atoms with van der Waals surface area (Å²) in [5.74, 6) is 0.620. The summed E-state index contributed by atoms with van der Waals surface area (Å²) in [6.45, 7) is 1.68. The van der Waals surface area contributed by atoms with Crippen LogP contribution in [0, 0.1) is 6.92 Å². The second-order valence-electron chi connectivity index (χ2n) is 7.16. The molecular formula is C20H17N5O3. The van der Waals surface area contributed by atoms with Gasteiger partial charge in [-0.3, -0.25) is 14.8 Å². The molecule has 5 rings (SSSR count). The molecule has 1 aliphatic rings. The first-order valence-electron chi connectivity index (χ1n) is 9.00. The molecule has 140 valence electrons. The number of nitrogens with one attached hydrogen (secondary N) is 1. The predicted molar refractivity (Wildman–Crippen MR) is 102 cm³/mol. The van der Waals surface area contributed by atoms with Crippen LogP contribution in [-0.4, -0.2) is 24.7 Å². The van der Waals surface area contributed by atoms with E-state index in [-0.39, 0.29) is 11.4 Å². The van der Waals surface area contributed by atoms with Crippen LogP contribution in [0.1, 0.15) is 30.1 Å². The molecule has 0 amide bonds. The van der Waals surface area contributed by atoms with Crippen LogP contribution in [0.15, 0.2) is 50.6 Å². The molecule has 0 aliphatic heterocycles. The van der Waals surface area contributed by atoms with Gasteiger partial charge in [-0.05, 0) is 31.2 Å². The Morgan fingerprint density at radius 2 is 1.96 bits per heavy atom. The summed E-state index contributed by atoms with van der Waals surface area (Å²) in [6.07, 6.45) is 3.48. The van der Waals surface area contributed by atoms with Crippen molar-refractivity contribution in [3.63, 3.8) is 0 Å². The number of pyridine rings is 1. The van der Waals surface area contributed by atoms with Crippen LogP contribution in [0.3, 0.4) is 0 Å². The molecule has 3 heterocycles. The van der Waals surface area contributed by atoms with E-state index < -0.39 is 16.7 Å². The Hall–Kier alpha value is -3.55. The first-order chi connectivity index (χ1) is 13.5. The number of aromatic amines is 1. The zero-order valence-corrected chi connectivity index (χ0v) is 15.4. The summed E-state index contributed by atoms with van der Waals surface area (Å²) in [5, 5.41) is 6.20. The maximum atomic E-state index is 12.3. The minimum Gasteiger partial charge on any atom is -0.338 e. The molecule has 8 heteroatoms. The van der Waals surface area contributed by atoms with Crippen molar-refractivity contribution in [1.29, 1.82) is 0 Å². The number of benzene rings is 1. The number of H-pyrrole nitrogens is 1. The van der Waals surface area contributed by atoms with Crippen LogP contribution in [-0.2, 0) is 12.5 Å². The zero-order valence-electron chi connectivity index (χ0n) is 15.4. The number of nitrogens with zero attached hydrogens (tertiary/aromatic N) is 4. The van der Waals surface area contributed by atoms with Gasteiger partial charge in [0.15, 0.2) is 0 Å². The van der Waals surface area contributed by atoms with Gasteiger partial charge in [-0.25, -0.2) is 4.79 Å².